The van der Waals surface area contributed by atoms with Gasteiger partial charge in [-0.3, -0.25) is 14.6 Å². The lowest BCUT2D eigenvalue weighted by Gasteiger charge is -2.20. The highest BCUT2D eigenvalue weighted by Gasteiger charge is 2.16. The van der Waals surface area contributed by atoms with Crippen LogP contribution in [0.25, 0.3) is 0 Å². The summed E-state index contributed by atoms with van der Waals surface area (Å²) in [5.41, 5.74) is 1.78. The van der Waals surface area contributed by atoms with Crippen molar-refractivity contribution in [3.8, 4) is 0 Å². The Labute approximate surface area is 164 Å². The minimum atomic E-state index is -0.0214. The summed E-state index contributed by atoms with van der Waals surface area (Å²) in [6, 6.07) is 5.83. The largest absolute Gasteiger partial charge is 0.356 e. The van der Waals surface area contributed by atoms with Gasteiger partial charge in [0, 0.05) is 49.7 Å². The highest BCUT2D eigenvalue weighted by molar-refractivity contribution is 7.09. The van der Waals surface area contributed by atoms with Crippen LogP contribution in [0.4, 0.5) is 0 Å². The Hall–Kier alpha value is -2.28. The molecule has 0 atom stereocenters. The van der Waals surface area contributed by atoms with Crippen LogP contribution in [0.3, 0.4) is 0 Å². The smallest absolute Gasteiger partial charge is 0.226 e. The molecule has 3 heterocycles. The minimum Gasteiger partial charge on any atom is -0.356 e. The number of thiazole rings is 1. The molecule has 1 aliphatic heterocycles. The molecule has 2 amide bonds. The summed E-state index contributed by atoms with van der Waals surface area (Å²) in [6.07, 6.45) is 7.44. The number of carbonyl (C=O) groups is 2. The molecule has 6 nitrogen and oxygen atoms in total. The Morgan fingerprint density at radius 2 is 2.15 bits per heavy atom. The number of hydrogen-bond donors (Lipinski definition) is 1. The average molecular weight is 387 g/mol. The van der Waals surface area contributed by atoms with Crippen LogP contribution in [-0.2, 0) is 22.4 Å². The summed E-state index contributed by atoms with van der Waals surface area (Å²) in [7, 11) is 0. The van der Waals surface area contributed by atoms with E-state index in [4.69, 9.17) is 0 Å². The summed E-state index contributed by atoms with van der Waals surface area (Å²) in [5, 5.41) is 5.84. The van der Waals surface area contributed by atoms with E-state index in [0.29, 0.717) is 25.8 Å². The van der Waals surface area contributed by atoms with Crippen molar-refractivity contribution in [2.45, 2.75) is 44.9 Å². The van der Waals surface area contributed by atoms with Crippen LogP contribution >= 0.6 is 11.3 Å². The lowest BCUT2D eigenvalue weighted by Crippen LogP contribution is -2.34. The molecule has 0 saturated carbocycles. The molecule has 1 N–H and O–H groups in total. The van der Waals surface area contributed by atoms with E-state index in [1.807, 2.05) is 28.5 Å². The maximum absolute atomic E-state index is 12.1. The molecule has 144 valence electrons. The third-order valence-corrected chi connectivity index (χ3v) is 5.50. The van der Waals surface area contributed by atoms with Crippen LogP contribution in [0, 0.1) is 0 Å². The quantitative estimate of drug-likeness (QED) is 0.708. The van der Waals surface area contributed by atoms with Crippen molar-refractivity contribution in [3.05, 3.63) is 46.2 Å². The highest BCUT2D eigenvalue weighted by Crippen LogP contribution is 2.14. The van der Waals surface area contributed by atoms with E-state index in [9.17, 15) is 9.59 Å². The third-order valence-electron chi connectivity index (χ3n) is 4.60. The topological polar surface area (TPSA) is 75.2 Å². The number of amides is 2. The summed E-state index contributed by atoms with van der Waals surface area (Å²) in [4.78, 5) is 34.8. The predicted octanol–water partition coefficient (Wildman–Crippen LogP) is 2.58. The molecule has 2 aromatic rings. The molecule has 7 heteroatoms. The first kappa shape index (κ1) is 19.5. The fourth-order valence-corrected chi connectivity index (χ4v) is 3.98. The van der Waals surface area contributed by atoms with Gasteiger partial charge >= 0.3 is 0 Å². The van der Waals surface area contributed by atoms with E-state index < -0.39 is 0 Å². The summed E-state index contributed by atoms with van der Waals surface area (Å²) < 4.78 is 0. The summed E-state index contributed by atoms with van der Waals surface area (Å²) >= 11 is 1.56. The molecule has 0 aliphatic carbocycles. The lowest BCUT2D eigenvalue weighted by atomic mass is 10.2. The van der Waals surface area contributed by atoms with Crippen molar-refractivity contribution in [1.82, 2.24) is 20.2 Å². The van der Waals surface area contributed by atoms with E-state index in [2.05, 4.69) is 15.3 Å². The molecule has 1 fully saturated rings. The average Bonchev–Trinajstić information content (AvgIpc) is 2.99. The van der Waals surface area contributed by atoms with Gasteiger partial charge < -0.3 is 10.2 Å². The second-order valence-corrected chi connectivity index (χ2v) is 7.74. The van der Waals surface area contributed by atoms with E-state index in [1.54, 1.807) is 17.5 Å². The standard InChI is InChI=1S/C20H26N4O2S/c25-18(22-10-6-12-24-11-5-1-2-8-20(24)26)13-17-15-27-19(23-17)14-16-7-3-4-9-21-16/h3-4,7,9,15H,1-2,5-6,8,10-14H2,(H,22,25). The number of nitrogens with one attached hydrogen (secondary N) is 1. The van der Waals surface area contributed by atoms with Gasteiger partial charge in [0.25, 0.3) is 0 Å². The van der Waals surface area contributed by atoms with E-state index >= 15 is 0 Å². The molecular formula is C20H26N4O2S. The molecule has 2 aromatic heterocycles. The SMILES string of the molecule is O=C(Cc1csc(Cc2ccccn2)n1)NCCCN1CCCCCC1=O. The van der Waals surface area contributed by atoms with Gasteiger partial charge in [-0.2, -0.15) is 0 Å². The molecule has 0 bridgehead atoms. The van der Waals surface area contributed by atoms with Crippen molar-refractivity contribution in [2.24, 2.45) is 0 Å². The fourth-order valence-electron chi connectivity index (χ4n) is 3.17. The van der Waals surface area contributed by atoms with Gasteiger partial charge in [-0.1, -0.05) is 12.5 Å². The van der Waals surface area contributed by atoms with Crippen molar-refractivity contribution in [3.63, 3.8) is 0 Å². The number of rotatable bonds is 8. The second kappa shape index (κ2) is 10.2. The predicted molar refractivity (Wildman–Crippen MR) is 106 cm³/mol. The molecule has 3 rings (SSSR count). The molecule has 0 unspecified atom stereocenters. The van der Waals surface area contributed by atoms with Crippen molar-refractivity contribution in [1.29, 1.82) is 0 Å². The first-order valence-electron chi connectivity index (χ1n) is 9.58. The van der Waals surface area contributed by atoms with Gasteiger partial charge in [-0.25, -0.2) is 4.98 Å². The van der Waals surface area contributed by atoms with Crippen LogP contribution < -0.4 is 5.32 Å². The zero-order valence-corrected chi connectivity index (χ0v) is 16.3. The van der Waals surface area contributed by atoms with E-state index in [-0.39, 0.29) is 11.8 Å². The van der Waals surface area contributed by atoms with Crippen molar-refractivity contribution >= 4 is 23.2 Å². The number of aromatic nitrogens is 2. The van der Waals surface area contributed by atoms with Gasteiger partial charge in [0.1, 0.15) is 0 Å². The van der Waals surface area contributed by atoms with E-state index in [0.717, 1.165) is 55.2 Å². The Balaban J connectivity index is 1.36. The second-order valence-electron chi connectivity index (χ2n) is 6.80. The van der Waals surface area contributed by atoms with Crippen LogP contribution in [0.2, 0.25) is 0 Å². The third kappa shape index (κ3) is 6.43. The van der Waals surface area contributed by atoms with Crippen LogP contribution in [0.1, 0.15) is 48.5 Å². The molecule has 27 heavy (non-hydrogen) atoms. The van der Waals surface area contributed by atoms with Gasteiger partial charge in [0.05, 0.1) is 17.1 Å². The number of pyridine rings is 1. The van der Waals surface area contributed by atoms with Crippen LogP contribution in [-0.4, -0.2) is 46.3 Å². The maximum Gasteiger partial charge on any atom is 0.226 e. The van der Waals surface area contributed by atoms with Gasteiger partial charge in [0.15, 0.2) is 0 Å². The molecular weight excluding hydrogens is 360 g/mol. The zero-order valence-electron chi connectivity index (χ0n) is 15.5. The van der Waals surface area contributed by atoms with Gasteiger partial charge in [0.2, 0.25) is 11.8 Å². The normalized spacial score (nSPS) is 14.8. The number of carbonyl (C=O) groups excluding carboxylic acids is 2. The Morgan fingerprint density at radius 1 is 1.22 bits per heavy atom. The van der Waals surface area contributed by atoms with Crippen LogP contribution in [0.15, 0.2) is 29.8 Å². The summed E-state index contributed by atoms with van der Waals surface area (Å²) in [5.74, 6) is 0.230. The van der Waals surface area contributed by atoms with E-state index in [1.165, 1.54) is 0 Å². The number of nitrogens with zero attached hydrogens (tertiary/aromatic N) is 3. The molecule has 0 spiro atoms. The lowest BCUT2D eigenvalue weighted by molar-refractivity contribution is -0.130. The number of likely N-dealkylation sites (tertiary alicyclic amines) is 1. The first-order valence-corrected chi connectivity index (χ1v) is 10.5. The monoisotopic (exact) mass is 386 g/mol. The number of hydrogen-bond acceptors (Lipinski definition) is 5. The molecule has 0 radical (unpaired) electrons. The highest BCUT2D eigenvalue weighted by atomic mass is 32.1. The summed E-state index contributed by atoms with van der Waals surface area (Å²) in [6.45, 7) is 2.17. The first-order chi connectivity index (χ1) is 13.2. The Kier molecular flexibility index (Phi) is 7.33. The Bertz CT molecular complexity index is 747. The van der Waals surface area contributed by atoms with Gasteiger partial charge in [-0.05, 0) is 31.4 Å². The molecule has 0 aromatic carbocycles. The van der Waals surface area contributed by atoms with Gasteiger partial charge in [-0.15, -0.1) is 11.3 Å². The van der Waals surface area contributed by atoms with Crippen LogP contribution in [0.5, 0.6) is 0 Å². The minimum absolute atomic E-state index is 0.0214. The zero-order chi connectivity index (χ0) is 18.9. The molecule has 1 saturated heterocycles. The Morgan fingerprint density at radius 3 is 3.00 bits per heavy atom. The maximum atomic E-state index is 12.1. The molecule has 1 aliphatic rings. The van der Waals surface area contributed by atoms with Crippen molar-refractivity contribution in [2.75, 3.05) is 19.6 Å². The fraction of sp³-hybridized carbons (Fsp3) is 0.500. The van der Waals surface area contributed by atoms with Crippen molar-refractivity contribution < 1.29 is 9.59 Å².